The van der Waals surface area contributed by atoms with Gasteiger partial charge in [-0.05, 0) is 12.1 Å². The van der Waals surface area contributed by atoms with Crippen LogP contribution in [0.5, 0.6) is 0 Å². The molecule has 0 aliphatic heterocycles. The van der Waals surface area contributed by atoms with Gasteiger partial charge in [-0.1, -0.05) is 17.9 Å². The number of carbonyl (C=O) groups is 1. The number of hydrogen-bond acceptors (Lipinski definition) is 1. The number of alkyl halides is 3. The van der Waals surface area contributed by atoms with Crippen molar-refractivity contribution in [3.8, 4) is 11.8 Å². The first-order valence-electron chi connectivity index (χ1n) is 4.25. The molecule has 0 fully saturated rings. The quantitative estimate of drug-likeness (QED) is 0.412. The molecule has 0 aliphatic carbocycles. The highest BCUT2D eigenvalue weighted by atomic mass is 19.4. The molecule has 0 atom stereocenters. The summed E-state index contributed by atoms with van der Waals surface area (Å²) < 4.78 is 50.3. The van der Waals surface area contributed by atoms with Gasteiger partial charge in [-0.15, -0.1) is 0 Å². The van der Waals surface area contributed by atoms with Gasteiger partial charge in [0.2, 0.25) is 0 Å². The lowest BCUT2D eigenvalue weighted by Gasteiger charge is -2.09. The highest BCUT2D eigenvalue weighted by molar-refractivity contribution is 5.55. The molecule has 0 amide bonds. The lowest BCUT2D eigenvalue weighted by molar-refractivity contribution is -0.140. The van der Waals surface area contributed by atoms with Crippen molar-refractivity contribution < 1.29 is 22.4 Å². The summed E-state index contributed by atoms with van der Waals surface area (Å²) in [4.78, 5) is 9.95. The van der Waals surface area contributed by atoms with E-state index in [1.54, 1.807) is 0 Å². The molecule has 1 nitrogen and oxygen atoms in total. The summed E-state index contributed by atoms with van der Waals surface area (Å²) in [7, 11) is 0. The zero-order valence-electron chi connectivity index (χ0n) is 7.94. The van der Waals surface area contributed by atoms with E-state index in [0.717, 1.165) is 12.1 Å². The summed E-state index contributed by atoms with van der Waals surface area (Å²) in [6, 6.07) is 2.91. The number of carbonyl (C=O) groups excluding carboxylic acids is 1. The third kappa shape index (κ3) is 2.83. The van der Waals surface area contributed by atoms with E-state index in [0.29, 0.717) is 12.4 Å². The van der Waals surface area contributed by atoms with E-state index in [4.69, 9.17) is 0 Å². The van der Waals surface area contributed by atoms with Gasteiger partial charge >= 0.3 is 6.18 Å². The fourth-order valence-corrected chi connectivity index (χ4v) is 1.10. The largest absolute Gasteiger partial charge is 0.420 e. The number of hydrogen-bond donors (Lipinski definition) is 0. The Kier molecular flexibility index (Phi) is 3.67. The van der Waals surface area contributed by atoms with Crippen molar-refractivity contribution in [1.82, 2.24) is 0 Å². The van der Waals surface area contributed by atoms with E-state index < -0.39 is 23.1 Å². The first-order valence-corrected chi connectivity index (χ1v) is 4.25. The van der Waals surface area contributed by atoms with Gasteiger partial charge in [0.1, 0.15) is 17.7 Å². The van der Waals surface area contributed by atoms with Gasteiger partial charge in [0.05, 0.1) is 6.42 Å². The Morgan fingerprint density at radius 3 is 2.56 bits per heavy atom. The van der Waals surface area contributed by atoms with Gasteiger partial charge in [0.25, 0.3) is 0 Å². The third-order valence-corrected chi connectivity index (χ3v) is 1.71. The Hall–Kier alpha value is -1.83. The summed E-state index contributed by atoms with van der Waals surface area (Å²) in [5.74, 6) is 2.96. The summed E-state index contributed by atoms with van der Waals surface area (Å²) in [6.07, 6.45) is -4.52. The van der Waals surface area contributed by atoms with Crippen molar-refractivity contribution in [2.75, 3.05) is 0 Å². The van der Waals surface area contributed by atoms with Crippen LogP contribution in [0.25, 0.3) is 0 Å². The van der Waals surface area contributed by atoms with Gasteiger partial charge in [-0.25, -0.2) is 4.39 Å². The minimum absolute atomic E-state index is 0.187. The molecule has 0 N–H and O–H groups in total. The summed E-state index contributed by atoms with van der Waals surface area (Å²) >= 11 is 0. The average Bonchev–Trinajstić information content (AvgIpc) is 2.16. The van der Waals surface area contributed by atoms with Crippen LogP contribution in [0.4, 0.5) is 17.6 Å². The molecule has 0 aliphatic rings. The number of benzene rings is 1. The second-order valence-corrected chi connectivity index (χ2v) is 2.83. The second kappa shape index (κ2) is 4.79. The predicted molar refractivity (Wildman–Crippen MR) is 49.0 cm³/mol. The Morgan fingerprint density at radius 1 is 1.31 bits per heavy atom. The normalized spacial score (nSPS) is 10.5. The summed E-state index contributed by atoms with van der Waals surface area (Å²) in [5, 5.41) is 0. The lowest BCUT2D eigenvalue weighted by atomic mass is 10.1. The standard InChI is InChI=1S/C11H6F4O/c12-9-6-3-5-8(4-1-2-7-16)10(9)11(13,14)15/h3,5-7H,2H2. The molecule has 1 aromatic rings. The van der Waals surface area contributed by atoms with Crippen molar-refractivity contribution in [2.45, 2.75) is 12.6 Å². The van der Waals surface area contributed by atoms with E-state index in [2.05, 4.69) is 11.8 Å². The minimum Gasteiger partial charge on any atom is -0.302 e. The molecule has 0 spiro atoms. The van der Waals surface area contributed by atoms with Crippen LogP contribution >= 0.6 is 0 Å². The van der Waals surface area contributed by atoms with Gasteiger partial charge in [-0.3, -0.25) is 0 Å². The van der Waals surface area contributed by atoms with Crippen LogP contribution in [0.15, 0.2) is 18.2 Å². The van der Waals surface area contributed by atoms with Gasteiger partial charge in [-0.2, -0.15) is 13.2 Å². The smallest absolute Gasteiger partial charge is 0.302 e. The molecule has 0 bridgehead atoms. The number of aldehydes is 1. The predicted octanol–water partition coefficient (Wildman–Crippen LogP) is 2.79. The Morgan fingerprint density at radius 2 is 2.00 bits per heavy atom. The van der Waals surface area contributed by atoms with Crippen LogP contribution in [0, 0.1) is 17.7 Å². The highest BCUT2D eigenvalue weighted by Gasteiger charge is 2.36. The van der Waals surface area contributed by atoms with Gasteiger partial charge < -0.3 is 4.79 Å². The first kappa shape index (κ1) is 12.2. The van der Waals surface area contributed by atoms with Crippen LogP contribution < -0.4 is 0 Å². The molecule has 0 saturated carbocycles. The van der Waals surface area contributed by atoms with Crippen LogP contribution in [-0.2, 0) is 11.0 Å². The summed E-state index contributed by atoms with van der Waals surface area (Å²) in [6.45, 7) is 0. The summed E-state index contributed by atoms with van der Waals surface area (Å²) in [5.41, 5.74) is -1.86. The molecule has 0 aromatic heterocycles. The average molecular weight is 230 g/mol. The molecule has 16 heavy (non-hydrogen) atoms. The van der Waals surface area contributed by atoms with E-state index in [1.807, 2.05) is 0 Å². The number of halogens is 4. The maximum Gasteiger partial charge on any atom is 0.420 e. The second-order valence-electron chi connectivity index (χ2n) is 2.83. The molecule has 84 valence electrons. The lowest BCUT2D eigenvalue weighted by Crippen LogP contribution is -2.10. The van der Waals surface area contributed by atoms with E-state index >= 15 is 0 Å². The Balaban J connectivity index is 3.25. The SMILES string of the molecule is O=CCC#Cc1cccc(F)c1C(F)(F)F. The molecule has 0 saturated heterocycles. The Bertz CT molecular complexity index is 451. The van der Waals surface area contributed by atoms with Crippen LogP contribution in [0.3, 0.4) is 0 Å². The van der Waals surface area contributed by atoms with Gasteiger partial charge in [0.15, 0.2) is 0 Å². The third-order valence-electron chi connectivity index (χ3n) is 1.71. The fraction of sp³-hybridized carbons (Fsp3) is 0.182. The number of rotatable bonds is 1. The first-order chi connectivity index (χ1) is 7.46. The van der Waals surface area contributed by atoms with E-state index in [1.165, 1.54) is 0 Å². The van der Waals surface area contributed by atoms with Crippen molar-refractivity contribution >= 4 is 6.29 Å². The zero-order valence-corrected chi connectivity index (χ0v) is 7.94. The topological polar surface area (TPSA) is 17.1 Å². The van der Waals surface area contributed by atoms with E-state index in [9.17, 15) is 22.4 Å². The van der Waals surface area contributed by atoms with Gasteiger partial charge in [0, 0.05) is 5.56 Å². The fourth-order valence-electron chi connectivity index (χ4n) is 1.10. The zero-order chi connectivity index (χ0) is 12.2. The Labute approximate surface area is 89.1 Å². The van der Waals surface area contributed by atoms with Crippen molar-refractivity contribution in [3.63, 3.8) is 0 Å². The molecule has 0 unspecified atom stereocenters. The molecular formula is C11H6F4O. The van der Waals surface area contributed by atoms with Crippen molar-refractivity contribution in [1.29, 1.82) is 0 Å². The van der Waals surface area contributed by atoms with Crippen molar-refractivity contribution in [2.24, 2.45) is 0 Å². The maximum atomic E-state index is 13.0. The molecule has 1 rings (SSSR count). The molecule has 0 heterocycles. The minimum atomic E-state index is -4.80. The van der Waals surface area contributed by atoms with E-state index in [-0.39, 0.29) is 6.42 Å². The monoisotopic (exact) mass is 230 g/mol. The maximum absolute atomic E-state index is 13.0. The molecule has 5 heteroatoms. The molecule has 0 radical (unpaired) electrons. The van der Waals surface area contributed by atoms with Crippen LogP contribution in [0.2, 0.25) is 0 Å². The highest BCUT2D eigenvalue weighted by Crippen LogP contribution is 2.33. The molecular weight excluding hydrogens is 224 g/mol. The van der Waals surface area contributed by atoms with Crippen molar-refractivity contribution in [3.05, 3.63) is 35.1 Å². The molecule has 1 aromatic carbocycles. The van der Waals surface area contributed by atoms with Crippen LogP contribution in [-0.4, -0.2) is 6.29 Å². The van der Waals surface area contributed by atoms with Crippen LogP contribution in [0.1, 0.15) is 17.5 Å².